The molecule has 2 unspecified atom stereocenters. The standard InChI is InChI=1S/C14H20N2O3.ClH/c1-19-13-5-3-2-4-11(13)12(17)9-16-14(18)10-6-7-15-8-10;/h2-5,10,12,15,17H,6-9H2,1H3,(H,16,18);1H. The van der Waals surface area contributed by atoms with E-state index in [1.54, 1.807) is 19.2 Å². The summed E-state index contributed by atoms with van der Waals surface area (Å²) in [5.74, 6) is 0.649. The largest absolute Gasteiger partial charge is 0.496 e. The lowest BCUT2D eigenvalue weighted by Gasteiger charge is -2.16. The molecule has 2 atom stereocenters. The van der Waals surface area contributed by atoms with E-state index in [0.717, 1.165) is 19.5 Å². The fourth-order valence-corrected chi connectivity index (χ4v) is 2.27. The SMILES string of the molecule is COc1ccccc1C(O)CNC(=O)C1CCNC1.Cl. The van der Waals surface area contributed by atoms with Crippen LogP contribution in [0.5, 0.6) is 5.75 Å². The van der Waals surface area contributed by atoms with E-state index in [1.807, 2.05) is 12.1 Å². The van der Waals surface area contributed by atoms with Gasteiger partial charge in [0.15, 0.2) is 0 Å². The zero-order chi connectivity index (χ0) is 13.7. The highest BCUT2D eigenvalue weighted by Gasteiger charge is 2.23. The molecule has 1 saturated heterocycles. The van der Waals surface area contributed by atoms with Crippen LogP contribution in [0.4, 0.5) is 0 Å². The van der Waals surface area contributed by atoms with Gasteiger partial charge in [0.1, 0.15) is 5.75 Å². The van der Waals surface area contributed by atoms with Gasteiger partial charge in [-0.05, 0) is 19.0 Å². The second-order valence-electron chi connectivity index (χ2n) is 4.69. The lowest BCUT2D eigenvalue weighted by Crippen LogP contribution is -2.34. The minimum atomic E-state index is -0.755. The molecule has 1 aromatic rings. The van der Waals surface area contributed by atoms with Crippen LogP contribution in [0.1, 0.15) is 18.1 Å². The van der Waals surface area contributed by atoms with Gasteiger partial charge < -0.3 is 20.5 Å². The molecule has 0 aliphatic carbocycles. The molecule has 0 saturated carbocycles. The van der Waals surface area contributed by atoms with Gasteiger partial charge in [-0.15, -0.1) is 12.4 Å². The average molecular weight is 301 g/mol. The van der Waals surface area contributed by atoms with Crippen LogP contribution in [0.3, 0.4) is 0 Å². The van der Waals surface area contributed by atoms with Crippen molar-refractivity contribution in [1.29, 1.82) is 0 Å². The van der Waals surface area contributed by atoms with Crippen molar-refractivity contribution in [3.63, 3.8) is 0 Å². The number of carbonyl (C=O) groups is 1. The molecule has 0 aromatic heterocycles. The Balaban J connectivity index is 0.00000200. The molecule has 1 heterocycles. The minimum Gasteiger partial charge on any atom is -0.496 e. The van der Waals surface area contributed by atoms with E-state index in [-0.39, 0.29) is 30.8 Å². The molecule has 5 nitrogen and oxygen atoms in total. The summed E-state index contributed by atoms with van der Waals surface area (Å²) in [6.45, 7) is 1.81. The molecule has 1 aliphatic rings. The van der Waals surface area contributed by atoms with Crippen molar-refractivity contribution >= 4 is 18.3 Å². The van der Waals surface area contributed by atoms with Gasteiger partial charge in [0, 0.05) is 18.7 Å². The molecule has 6 heteroatoms. The summed E-state index contributed by atoms with van der Waals surface area (Å²) >= 11 is 0. The Labute approximate surface area is 125 Å². The number of hydrogen-bond acceptors (Lipinski definition) is 4. The highest BCUT2D eigenvalue weighted by molar-refractivity contribution is 5.85. The quantitative estimate of drug-likeness (QED) is 0.755. The summed E-state index contributed by atoms with van der Waals surface area (Å²) in [4.78, 5) is 11.8. The van der Waals surface area contributed by atoms with Gasteiger partial charge in [-0.1, -0.05) is 18.2 Å². The Bertz CT molecular complexity index is 436. The average Bonchev–Trinajstić information content (AvgIpc) is 2.98. The topological polar surface area (TPSA) is 70.6 Å². The summed E-state index contributed by atoms with van der Waals surface area (Å²) in [5, 5.41) is 16.1. The zero-order valence-electron chi connectivity index (χ0n) is 11.5. The van der Waals surface area contributed by atoms with Crippen molar-refractivity contribution in [1.82, 2.24) is 10.6 Å². The van der Waals surface area contributed by atoms with Crippen LogP contribution in [0, 0.1) is 5.92 Å². The number of aliphatic hydroxyl groups is 1. The summed E-state index contributed by atoms with van der Waals surface area (Å²) < 4.78 is 5.19. The summed E-state index contributed by atoms with van der Waals surface area (Å²) in [6.07, 6.45) is 0.103. The highest BCUT2D eigenvalue weighted by Crippen LogP contribution is 2.24. The molecule has 112 valence electrons. The summed E-state index contributed by atoms with van der Waals surface area (Å²) in [6, 6.07) is 7.27. The molecule has 0 bridgehead atoms. The van der Waals surface area contributed by atoms with E-state index in [9.17, 15) is 9.90 Å². The van der Waals surface area contributed by atoms with Crippen molar-refractivity contribution in [2.24, 2.45) is 5.92 Å². The van der Waals surface area contributed by atoms with E-state index >= 15 is 0 Å². The Morgan fingerprint density at radius 2 is 2.30 bits per heavy atom. The van der Waals surface area contributed by atoms with Crippen LogP contribution in [0.2, 0.25) is 0 Å². The number of amides is 1. The Morgan fingerprint density at radius 1 is 1.55 bits per heavy atom. The number of ether oxygens (including phenoxy) is 1. The van der Waals surface area contributed by atoms with Crippen molar-refractivity contribution in [2.45, 2.75) is 12.5 Å². The summed E-state index contributed by atoms with van der Waals surface area (Å²) in [7, 11) is 1.56. The van der Waals surface area contributed by atoms with Crippen molar-refractivity contribution in [3.05, 3.63) is 29.8 Å². The maximum absolute atomic E-state index is 11.8. The smallest absolute Gasteiger partial charge is 0.224 e. The van der Waals surface area contributed by atoms with Crippen molar-refractivity contribution < 1.29 is 14.6 Å². The monoisotopic (exact) mass is 300 g/mol. The molecule has 0 spiro atoms. The fourth-order valence-electron chi connectivity index (χ4n) is 2.27. The number of halogens is 1. The van der Waals surface area contributed by atoms with Crippen LogP contribution in [0.25, 0.3) is 0 Å². The Hall–Kier alpha value is -1.30. The first kappa shape index (κ1) is 16.8. The van der Waals surface area contributed by atoms with Gasteiger partial charge >= 0.3 is 0 Å². The van der Waals surface area contributed by atoms with Gasteiger partial charge in [0.05, 0.1) is 19.1 Å². The van der Waals surface area contributed by atoms with E-state index < -0.39 is 6.10 Å². The van der Waals surface area contributed by atoms with E-state index in [2.05, 4.69) is 10.6 Å². The Morgan fingerprint density at radius 3 is 2.95 bits per heavy atom. The normalized spacial score (nSPS) is 19.0. The second kappa shape index (κ2) is 8.09. The number of benzene rings is 1. The van der Waals surface area contributed by atoms with Gasteiger partial charge in [-0.25, -0.2) is 0 Å². The fraction of sp³-hybridized carbons (Fsp3) is 0.500. The molecule has 3 N–H and O–H groups in total. The number of para-hydroxylation sites is 1. The van der Waals surface area contributed by atoms with E-state index in [4.69, 9.17) is 4.74 Å². The van der Waals surface area contributed by atoms with Gasteiger partial charge in [-0.3, -0.25) is 4.79 Å². The third-order valence-corrected chi connectivity index (χ3v) is 3.40. The van der Waals surface area contributed by atoms with E-state index in [0.29, 0.717) is 11.3 Å². The molecular weight excluding hydrogens is 280 g/mol. The summed E-state index contributed by atoms with van der Waals surface area (Å²) in [5.41, 5.74) is 0.690. The van der Waals surface area contributed by atoms with Gasteiger partial charge in [0.2, 0.25) is 5.91 Å². The molecular formula is C14H21ClN2O3. The first-order chi connectivity index (χ1) is 9.22. The molecule has 1 aliphatic heterocycles. The van der Waals surface area contributed by atoms with Crippen LogP contribution < -0.4 is 15.4 Å². The first-order valence-corrected chi connectivity index (χ1v) is 6.51. The van der Waals surface area contributed by atoms with Crippen LogP contribution in [0.15, 0.2) is 24.3 Å². The Kier molecular flexibility index (Phi) is 6.78. The minimum absolute atomic E-state index is 0. The van der Waals surface area contributed by atoms with Crippen LogP contribution >= 0.6 is 12.4 Å². The van der Waals surface area contributed by atoms with Gasteiger partial charge in [0.25, 0.3) is 0 Å². The van der Waals surface area contributed by atoms with Crippen LogP contribution in [-0.4, -0.2) is 37.8 Å². The molecule has 0 radical (unpaired) electrons. The van der Waals surface area contributed by atoms with Crippen LogP contribution in [-0.2, 0) is 4.79 Å². The zero-order valence-corrected chi connectivity index (χ0v) is 12.3. The van der Waals surface area contributed by atoms with Gasteiger partial charge in [-0.2, -0.15) is 0 Å². The molecule has 1 aromatic carbocycles. The third kappa shape index (κ3) is 4.10. The lowest BCUT2D eigenvalue weighted by molar-refractivity contribution is -0.124. The predicted molar refractivity (Wildman–Crippen MR) is 79.2 cm³/mol. The number of aliphatic hydroxyl groups excluding tert-OH is 1. The number of nitrogens with one attached hydrogen (secondary N) is 2. The number of hydrogen-bond donors (Lipinski definition) is 3. The highest BCUT2D eigenvalue weighted by atomic mass is 35.5. The maximum Gasteiger partial charge on any atom is 0.224 e. The molecule has 1 fully saturated rings. The predicted octanol–water partition coefficient (Wildman–Crippen LogP) is 0.876. The maximum atomic E-state index is 11.8. The van der Waals surface area contributed by atoms with Crippen molar-refractivity contribution in [2.75, 3.05) is 26.7 Å². The molecule has 2 rings (SSSR count). The van der Waals surface area contributed by atoms with E-state index in [1.165, 1.54) is 0 Å². The molecule has 20 heavy (non-hydrogen) atoms. The molecule has 1 amide bonds. The third-order valence-electron chi connectivity index (χ3n) is 3.40. The number of rotatable bonds is 5. The van der Waals surface area contributed by atoms with Crippen molar-refractivity contribution in [3.8, 4) is 5.75 Å². The number of methoxy groups -OCH3 is 1. The number of carbonyl (C=O) groups excluding carboxylic acids is 1. The second-order valence-corrected chi connectivity index (χ2v) is 4.69. The first-order valence-electron chi connectivity index (χ1n) is 6.51. The lowest BCUT2D eigenvalue weighted by atomic mass is 10.1.